The molecule has 19 heavy (non-hydrogen) atoms. The summed E-state index contributed by atoms with van der Waals surface area (Å²) >= 11 is 5.60. The molecule has 0 radical (unpaired) electrons. The summed E-state index contributed by atoms with van der Waals surface area (Å²) < 4.78 is 38.3. The minimum Gasteiger partial charge on any atom is -0.382 e. The second-order valence-corrected chi connectivity index (χ2v) is 5.58. The Morgan fingerprint density at radius 2 is 1.89 bits per heavy atom. The molecule has 1 saturated carbocycles. The van der Waals surface area contributed by atoms with Gasteiger partial charge in [0.05, 0.1) is 10.6 Å². The molecule has 1 unspecified atom stereocenters. The minimum atomic E-state index is -4.41. The molecular weight excluding hydrogens is 275 g/mol. The lowest BCUT2D eigenvalue weighted by Crippen LogP contribution is -2.24. The average molecular weight is 292 g/mol. The molecule has 0 amide bonds. The molecule has 0 bridgehead atoms. The van der Waals surface area contributed by atoms with Gasteiger partial charge in [0.25, 0.3) is 0 Å². The molecule has 1 aliphatic rings. The molecule has 1 N–H and O–H groups in total. The molecule has 1 atom stereocenters. The predicted molar refractivity (Wildman–Crippen MR) is 71.5 cm³/mol. The Morgan fingerprint density at radius 3 is 2.47 bits per heavy atom. The van der Waals surface area contributed by atoms with Crippen LogP contribution in [0.5, 0.6) is 0 Å². The molecule has 0 aliphatic heterocycles. The van der Waals surface area contributed by atoms with E-state index in [1.807, 2.05) is 6.92 Å². The van der Waals surface area contributed by atoms with E-state index in [4.69, 9.17) is 11.6 Å². The molecule has 0 spiro atoms. The van der Waals surface area contributed by atoms with E-state index in [9.17, 15) is 13.2 Å². The van der Waals surface area contributed by atoms with Gasteiger partial charge in [0.15, 0.2) is 0 Å². The van der Waals surface area contributed by atoms with Crippen molar-refractivity contribution >= 4 is 17.3 Å². The Labute approximate surface area is 116 Å². The summed E-state index contributed by atoms with van der Waals surface area (Å²) in [5.41, 5.74) is -0.297. The van der Waals surface area contributed by atoms with Gasteiger partial charge in [-0.1, -0.05) is 24.4 Å². The fourth-order valence-corrected chi connectivity index (χ4v) is 2.90. The number of hydrogen-bond acceptors (Lipinski definition) is 1. The molecule has 0 aromatic heterocycles. The van der Waals surface area contributed by atoms with E-state index in [1.165, 1.54) is 18.9 Å². The van der Waals surface area contributed by atoms with Crippen LogP contribution in [0.15, 0.2) is 18.2 Å². The Bertz CT molecular complexity index is 439. The SMILES string of the molecule is CC(Nc1ccc(Cl)c(C(F)(F)F)c1)C1CCCC1. The fraction of sp³-hybridized carbons (Fsp3) is 0.571. The third kappa shape index (κ3) is 3.56. The number of hydrogen-bond donors (Lipinski definition) is 1. The molecule has 1 fully saturated rings. The van der Waals surface area contributed by atoms with Gasteiger partial charge in [0.1, 0.15) is 0 Å². The molecule has 106 valence electrons. The summed E-state index contributed by atoms with van der Waals surface area (Å²) in [6.45, 7) is 2.03. The predicted octanol–water partition coefficient (Wildman–Crippen LogP) is 5.35. The van der Waals surface area contributed by atoms with Crippen LogP contribution in [-0.4, -0.2) is 6.04 Å². The molecule has 0 heterocycles. The van der Waals surface area contributed by atoms with Gasteiger partial charge in [-0.2, -0.15) is 13.2 Å². The van der Waals surface area contributed by atoms with E-state index in [0.717, 1.165) is 18.9 Å². The molecule has 5 heteroatoms. The zero-order chi connectivity index (χ0) is 14.0. The number of nitrogens with one attached hydrogen (secondary N) is 1. The Balaban J connectivity index is 2.12. The first kappa shape index (κ1) is 14.5. The maximum absolute atomic E-state index is 12.8. The van der Waals surface area contributed by atoms with Gasteiger partial charge >= 0.3 is 6.18 Å². The van der Waals surface area contributed by atoms with Crippen LogP contribution in [0.4, 0.5) is 18.9 Å². The van der Waals surface area contributed by atoms with Crippen molar-refractivity contribution in [1.29, 1.82) is 0 Å². The normalized spacial score (nSPS) is 18.6. The van der Waals surface area contributed by atoms with Gasteiger partial charge in [0.2, 0.25) is 0 Å². The third-order valence-corrected chi connectivity index (χ3v) is 4.10. The summed E-state index contributed by atoms with van der Waals surface area (Å²) in [6.07, 6.45) is 0.309. The van der Waals surface area contributed by atoms with Crippen LogP contribution in [0.3, 0.4) is 0 Å². The van der Waals surface area contributed by atoms with E-state index < -0.39 is 11.7 Å². The van der Waals surface area contributed by atoms with Crippen molar-refractivity contribution in [3.05, 3.63) is 28.8 Å². The number of rotatable bonds is 3. The Hall–Kier alpha value is -0.900. The maximum Gasteiger partial charge on any atom is 0.417 e. The van der Waals surface area contributed by atoms with E-state index in [-0.39, 0.29) is 11.1 Å². The first-order valence-corrected chi connectivity index (χ1v) is 6.89. The van der Waals surface area contributed by atoms with Crippen LogP contribution in [0, 0.1) is 5.92 Å². The topological polar surface area (TPSA) is 12.0 Å². The highest BCUT2D eigenvalue weighted by Gasteiger charge is 2.33. The van der Waals surface area contributed by atoms with Crippen molar-refractivity contribution in [2.24, 2.45) is 5.92 Å². The van der Waals surface area contributed by atoms with Crippen molar-refractivity contribution in [3.63, 3.8) is 0 Å². The lowest BCUT2D eigenvalue weighted by Gasteiger charge is -2.22. The highest BCUT2D eigenvalue weighted by atomic mass is 35.5. The van der Waals surface area contributed by atoms with Crippen molar-refractivity contribution in [3.8, 4) is 0 Å². The summed E-state index contributed by atoms with van der Waals surface area (Å²) in [7, 11) is 0. The zero-order valence-corrected chi connectivity index (χ0v) is 11.5. The first-order valence-electron chi connectivity index (χ1n) is 6.51. The highest BCUT2D eigenvalue weighted by Crippen LogP contribution is 2.37. The first-order chi connectivity index (χ1) is 8.88. The van der Waals surface area contributed by atoms with Crippen molar-refractivity contribution in [2.75, 3.05) is 5.32 Å². The molecule has 1 aromatic rings. The average Bonchev–Trinajstić information content (AvgIpc) is 2.83. The van der Waals surface area contributed by atoms with Gasteiger partial charge in [-0.05, 0) is 43.9 Å². The number of halogens is 4. The van der Waals surface area contributed by atoms with Gasteiger partial charge in [-0.3, -0.25) is 0 Å². The van der Waals surface area contributed by atoms with Crippen molar-refractivity contribution in [2.45, 2.75) is 44.8 Å². The fourth-order valence-electron chi connectivity index (χ4n) is 2.67. The van der Waals surface area contributed by atoms with Gasteiger partial charge in [-0.15, -0.1) is 0 Å². The van der Waals surface area contributed by atoms with E-state index in [0.29, 0.717) is 11.6 Å². The quantitative estimate of drug-likeness (QED) is 0.791. The molecule has 2 rings (SSSR count). The largest absolute Gasteiger partial charge is 0.417 e. The van der Waals surface area contributed by atoms with Crippen LogP contribution >= 0.6 is 11.6 Å². The van der Waals surface area contributed by atoms with Gasteiger partial charge in [-0.25, -0.2) is 0 Å². The van der Waals surface area contributed by atoms with Crippen LogP contribution in [-0.2, 0) is 6.18 Å². The van der Waals surface area contributed by atoms with Crippen LogP contribution < -0.4 is 5.32 Å². The van der Waals surface area contributed by atoms with E-state index in [1.54, 1.807) is 6.07 Å². The van der Waals surface area contributed by atoms with Crippen molar-refractivity contribution in [1.82, 2.24) is 0 Å². The van der Waals surface area contributed by atoms with Crippen molar-refractivity contribution < 1.29 is 13.2 Å². The number of benzene rings is 1. The molecule has 1 aliphatic carbocycles. The minimum absolute atomic E-state index is 0.185. The van der Waals surface area contributed by atoms with Crippen LogP contribution in [0.2, 0.25) is 5.02 Å². The Kier molecular flexibility index (Phi) is 4.29. The smallest absolute Gasteiger partial charge is 0.382 e. The van der Waals surface area contributed by atoms with Crippen LogP contribution in [0.1, 0.15) is 38.2 Å². The summed E-state index contributed by atoms with van der Waals surface area (Å²) in [5.74, 6) is 0.546. The monoisotopic (exact) mass is 291 g/mol. The highest BCUT2D eigenvalue weighted by molar-refractivity contribution is 6.31. The number of anilines is 1. The lowest BCUT2D eigenvalue weighted by atomic mass is 9.99. The van der Waals surface area contributed by atoms with Gasteiger partial charge in [0, 0.05) is 11.7 Å². The molecule has 1 nitrogen and oxygen atoms in total. The zero-order valence-electron chi connectivity index (χ0n) is 10.7. The number of alkyl halides is 3. The van der Waals surface area contributed by atoms with Gasteiger partial charge < -0.3 is 5.32 Å². The second-order valence-electron chi connectivity index (χ2n) is 5.17. The second kappa shape index (κ2) is 5.61. The summed E-state index contributed by atoms with van der Waals surface area (Å²) in [4.78, 5) is 0. The molecular formula is C14H17ClF3N. The molecule has 1 aromatic carbocycles. The summed E-state index contributed by atoms with van der Waals surface area (Å²) in [5, 5.41) is 2.91. The molecule has 0 saturated heterocycles. The maximum atomic E-state index is 12.8. The van der Waals surface area contributed by atoms with Crippen LogP contribution in [0.25, 0.3) is 0 Å². The lowest BCUT2D eigenvalue weighted by molar-refractivity contribution is -0.137. The Morgan fingerprint density at radius 1 is 1.26 bits per heavy atom. The van der Waals surface area contributed by atoms with E-state index in [2.05, 4.69) is 5.32 Å². The third-order valence-electron chi connectivity index (χ3n) is 3.77. The standard InChI is InChI=1S/C14H17ClF3N/c1-9(10-4-2-3-5-10)19-11-6-7-13(15)12(8-11)14(16,17)18/h6-10,19H,2-5H2,1H3. The van der Waals surface area contributed by atoms with E-state index >= 15 is 0 Å². The summed E-state index contributed by atoms with van der Waals surface area (Å²) in [6, 6.07) is 4.18.